The molecule has 0 unspecified atom stereocenters. The molecule has 2 aromatic rings. The number of amides is 1. The van der Waals surface area contributed by atoms with Crippen LogP contribution in [0.15, 0.2) is 42.5 Å². The summed E-state index contributed by atoms with van der Waals surface area (Å²) >= 11 is 0. The minimum absolute atomic E-state index is 0.0913. The maximum absolute atomic E-state index is 13.4. The largest absolute Gasteiger partial charge is 0.423 e. The molecule has 0 bridgehead atoms. The fourth-order valence-corrected chi connectivity index (χ4v) is 5.30. The van der Waals surface area contributed by atoms with Crippen LogP contribution in [0.25, 0.3) is 0 Å². The summed E-state index contributed by atoms with van der Waals surface area (Å²) in [6.07, 6.45) is -7.01. The molecule has 2 aliphatic rings. The highest BCUT2D eigenvalue weighted by Crippen LogP contribution is 2.39. The summed E-state index contributed by atoms with van der Waals surface area (Å²) in [5, 5.41) is 11.0. The number of ether oxygens (including phenoxy) is 1. The van der Waals surface area contributed by atoms with Gasteiger partial charge in [-0.05, 0) is 62.1 Å². The van der Waals surface area contributed by atoms with Gasteiger partial charge in [0.1, 0.15) is 12.2 Å². The Morgan fingerprint density at radius 2 is 1.56 bits per heavy atom. The van der Waals surface area contributed by atoms with Crippen molar-refractivity contribution in [3.8, 4) is 0 Å². The summed E-state index contributed by atoms with van der Waals surface area (Å²) in [6, 6.07) is 7.83. The van der Waals surface area contributed by atoms with Crippen LogP contribution in [0.5, 0.6) is 0 Å². The first-order valence-corrected chi connectivity index (χ1v) is 13.1. The van der Waals surface area contributed by atoms with Crippen molar-refractivity contribution in [3.63, 3.8) is 0 Å². The second-order valence-electron chi connectivity index (χ2n) is 10.2. The van der Waals surface area contributed by atoms with Crippen LogP contribution in [0.1, 0.15) is 36.8 Å². The van der Waals surface area contributed by atoms with E-state index in [-0.39, 0.29) is 30.3 Å². The molecular weight excluding hydrogens is 558 g/mol. The van der Waals surface area contributed by atoms with Crippen LogP contribution in [0.2, 0.25) is 0 Å². The summed E-state index contributed by atoms with van der Waals surface area (Å²) in [5.41, 5.74) is -2.10. The predicted octanol–water partition coefficient (Wildman–Crippen LogP) is 5.75. The maximum Gasteiger partial charge on any atom is 0.423 e. The smallest absolute Gasteiger partial charge is 0.372 e. The molecule has 1 heterocycles. The van der Waals surface area contributed by atoms with Crippen LogP contribution < -0.4 is 9.80 Å². The SMILES string of the molecule is CN(c1ccc([N+](=O)[O-])c(C(F)(F)F)c1)[C@H]1CC[C@H](OCC(=O)N2CCN(c3ccc(C(F)(F)F)cc3)CC2)CC1. The lowest BCUT2D eigenvalue weighted by atomic mass is 9.91. The maximum atomic E-state index is 13.4. The zero-order valence-corrected chi connectivity index (χ0v) is 22.2. The van der Waals surface area contributed by atoms with Crippen molar-refractivity contribution in [3.05, 3.63) is 63.7 Å². The first-order valence-electron chi connectivity index (χ1n) is 13.1. The third kappa shape index (κ3) is 7.40. The fraction of sp³-hybridized carbons (Fsp3) is 0.519. The van der Waals surface area contributed by atoms with E-state index in [4.69, 9.17) is 4.74 Å². The van der Waals surface area contributed by atoms with Gasteiger partial charge in [0.2, 0.25) is 5.91 Å². The Morgan fingerprint density at radius 1 is 0.951 bits per heavy atom. The van der Waals surface area contributed by atoms with Crippen molar-refractivity contribution in [2.75, 3.05) is 49.6 Å². The Balaban J connectivity index is 1.22. The zero-order valence-electron chi connectivity index (χ0n) is 22.2. The number of nitro benzene ring substituents is 1. The predicted molar refractivity (Wildman–Crippen MR) is 139 cm³/mol. The molecule has 0 aromatic heterocycles. The molecule has 14 heteroatoms. The number of hydrogen-bond acceptors (Lipinski definition) is 6. The van der Waals surface area contributed by atoms with Gasteiger partial charge in [-0.15, -0.1) is 0 Å². The molecule has 4 rings (SSSR count). The summed E-state index contributed by atoms with van der Waals surface area (Å²) in [6.45, 7) is 1.68. The standard InChI is InChI=1S/C27H30F6N4O4/c1-34(21-8-11-24(37(39)40)23(16-21)27(31,32)33)19-6-9-22(10-7-19)41-17-25(38)36-14-12-35(13-15-36)20-4-2-18(3-5-20)26(28,29)30/h2-5,8,11,16,19,22H,6-7,9-10,12-15,17H2,1H3/t19-,22-. The van der Waals surface area contributed by atoms with Gasteiger partial charge < -0.3 is 19.4 Å². The average molecular weight is 589 g/mol. The highest BCUT2D eigenvalue weighted by Gasteiger charge is 2.39. The van der Waals surface area contributed by atoms with Gasteiger partial charge in [-0.1, -0.05) is 0 Å². The molecule has 224 valence electrons. The number of carbonyl (C=O) groups is 1. The molecule has 2 aromatic carbocycles. The van der Waals surface area contributed by atoms with Gasteiger partial charge in [0.15, 0.2) is 0 Å². The lowest BCUT2D eigenvalue weighted by Crippen LogP contribution is -2.50. The number of nitrogens with zero attached hydrogens (tertiary/aromatic N) is 4. The van der Waals surface area contributed by atoms with Crippen molar-refractivity contribution in [1.29, 1.82) is 0 Å². The Kier molecular flexibility index (Phi) is 9.00. The van der Waals surface area contributed by atoms with E-state index in [2.05, 4.69) is 0 Å². The molecule has 1 saturated heterocycles. The van der Waals surface area contributed by atoms with Crippen LogP contribution >= 0.6 is 0 Å². The average Bonchev–Trinajstić information content (AvgIpc) is 2.94. The Bertz CT molecular complexity index is 1220. The Labute approximate surface area is 232 Å². The molecule has 1 aliphatic heterocycles. The molecule has 41 heavy (non-hydrogen) atoms. The van der Waals surface area contributed by atoms with Crippen LogP contribution in [-0.4, -0.2) is 67.7 Å². The van der Waals surface area contributed by atoms with E-state index in [0.717, 1.165) is 24.3 Å². The number of halogens is 6. The first kappa shape index (κ1) is 30.4. The second-order valence-corrected chi connectivity index (χ2v) is 10.2. The van der Waals surface area contributed by atoms with Gasteiger partial charge >= 0.3 is 12.4 Å². The molecule has 1 saturated carbocycles. The summed E-state index contributed by atoms with van der Waals surface area (Å²) in [4.78, 5) is 27.9. The monoisotopic (exact) mass is 588 g/mol. The normalized spacial score (nSPS) is 20.2. The van der Waals surface area contributed by atoms with E-state index in [1.165, 1.54) is 18.2 Å². The number of carbonyl (C=O) groups excluding carboxylic acids is 1. The molecule has 0 radical (unpaired) electrons. The van der Waals surface area contributed by atoms with E-state index in [0.29, 0.717) is 57.5 Å². The highest BCUT2D eigenvalue weighted by molar-refractivity contribution is 5.77. The number of alkyl halides is 6. The van der Waals surface area contributed by atoms with Crippen molar-refractivity contribution in [2.24, 2.45) is 0 Å². The molecule has 8 nitrogen and oxygen atoms in total. The van der Waals surface area contributed by atoms with Crippen molar-refractivity contribution < 1.29 is 40.8 Å². The van der Waals surface area contributed by atoms with Crippen molar-refractivity contribution in [2.45, 2.75) is 50.2 Å². The minimum atomic E-state index is -4.86. The topological polar surface area (TPSA) is 79.2 Å². The van der Waals surface area contributed by atoms with Crippen molar-refractivity contribution in [1.82, 2.24) is 4.90 Å². The van der Waals surface area contributed by atoms with Crippen molar-refractivity contribution >= 4 is 23.0 Å². The summed E-state index contributed by atoms with van der Waals surface area (Å²) in [5.74, 6) is -0.179. The van der Waals surface area contributed by atoms with E-state index in [1.807, 2.05) is 4.90 Å². The minimum Gasteiger partial charge on any atom is -0.372 e. The number of piperazine rings is 1. The zero-order chi connectivity index (χ0) is 29.9. The Hall–Kier alpha value is -3.55. The van der Waals surface area contributed by atoms with E-state index >= 15 is 0 Å². The summed E-state index contributed by atoms with van der Waals surface area (Å²) < 4.78 is 84.3. The molecule has 0 N–H and O–H groups in total. The van der Waals surface area contributed by atoms with E-state index in [9.17, 15) is 41.3 Å². The number of rotatable bonds is 7. The van der Waals surface area contributed by atoms with E-state index in [1.54, 1.807) is 16.8 Å². The van der Waals surface area contributed by atoms with Gasteiger partial charge in [-0.3, -0.25) is 14.9 Å². The number of nitro groups is 1. The van der Waals surface area contributed by atoms with Crippen LogP contribution in [0.4, 0.5) is 43.4 Å². The Morgan fingerprint density at radius 3 is 2.10 bits per heavy atom. The van der Waals surface area contributed by atoms with Crippen LogP contribution in [0.3, 0.4) is 0 Å². The van der Waals surface area contributed by atoms with E-state index < -0.39 is 34.1 Å². The van der Waals surface area contributed by atoms with Gasteiger partial charge in [0.25, 0.3) is 5.69 Å². The number of anilines is 2. The fourth-order valence-electron chi connectivity index (χ4n) is 5.30. The number of hydrogen-bond donors (Lipinski definition) is 0. The molecule has 0 spiro atoms. The second kappa shape index (κ2) is 12.1. The molecular formula is C27H30F6N4O4. The highest BCUT2D eigenvalue weighted by atomic mass is 19.4. The lowest BCUT2D eigenvalue weighted by molar-refractivity contribution is -0.388. The molecule has 2 fully saturated rings. The van der Waals surface area contributed by atoms with Gasteiger partial charge in [0, 0.05) is 56.7 Å². The molecule has 1 amide bonds. The summed E-state index contributed by atoms with van der Waals surface area (Å²) in [7, 11) is 1.65. The quantitative estimate of drug-likeness (QED) is 0.233. The number of benzene rings is 2. The van der Waals surface area contributed by atoms with Crippen LogP contribution in [-0.2, 0) is 21.9 Å². The third-order valence-corrected chi connectivity index (χ3v) is 7.72. The van der Waals surface area contributed by atoms with Gasteiger partial charge in [-0.2, -0.15) is 26.3 Å². The van der Waals surface area contributed by atoms with Gasteiger partial charge in [-0.25, -0.2) is 0 Å². The lowest BCUT2D eigenvalue weighted by Gasteiger charge is -2.37. The molecule has 0 atom stereocenters. The third-order valence-electron chi connectivity index (χ3n) is 7.72. The van der Waals surface area contributed by atoms with Crippen LogP contribution in [0, 0.1) is 10.1 Å². The van der Waals surface area contributed by atoms with Gasteiger partial charge in [0.05, 0.1) is 16.6 Å². The molecule has 1 aliphatic carbocycles. The first-order chi connectivity index (χ1) is 19.2.